The lowest BCUT2D eigenvalue weighted by molar-refractivity contribution is 0.399. The first-order valence-corrected chi connectivity index (χ1v) is 10.1. The Morgan fingerprint density at radius 1 is 1.12 bits per heavy atom. The lowest BCUT2D eigenvalue weighted by Crippen LogP contribution is -2.09. The van der Waals surface area contributed by atoms with E-state index in [0.717, 1.165) is 35.3 Å². The Morgan fingerprint density at radius 3 is 2.58 bits per heavy atom. The third-order valence-corrected chi connectivity index (χ3v) is 6.62. The molecule has 1 saturated carbocycles. The topological polar surface area (TPSA) is 81.2 Å². The summed E-state index contributed by atoms with van der Waals surface area (Å²) in [4.78, 5) is 8.77. The molecule has 0 unspecified atom stereocenters. The third kappa shape index (κ3) is 3.48. The van der Waals surface area contributed by atoms with Gasteiger partial charge in [0.25, 0.3) is 0 Å². The number of fused-ring (bicyclic) bond motifs is 1. The van der Waals surface area contributed by atoms with Crippen molar-refractivity contribution in [2.75, 3.05) is 12.4 Å². The van der Waals surface area contributed by atoms with Crippen LogP contribution in [0.2, 0.25) is 0 Å². The summed E-state index contributed by atoms with van der Waals surface area (Å²) in [6.07, 6.45) is 3.32. The van der Waals surface area contributed by atoms with Crippen molar-refractivity contribution >= 4 is 32.2 Å². The van der Waals surface area contributed by atoms with Crippen molar-refractivity contribution in [3.8, 4) is 5.88 Å². The second kappa shape index (κ2) is 6.57. The molecule has 2 heterocycles. The molecule has 1 aliphatic carbocycles. The lowest BCUT2D eigenvalue weighted by atomic mass is 10.2. The fourth-order valence-corrected chi connectivity index (χ4v) is 4.59. The van der Waals surface area contributed by atoms with Crippen LogP contribution >= 0.6 is 0 Å². The lowest BCUT2D eigenvalue weighted by Gasteiger charge is -2.10. The van der Waals surface area contributed by atoms with E-state index in [-0.39, 0.29) is 11.0 Å². The van der Waals surface area contributed by atoms with Gasteiger partial charge in [0.05, 0.1) is 29.3 Å². The van der Waals surface area contributed by atoms with E-state index in [1.54, 1.807) is 19.4 Å². The maximum absolute atomic E-state index is 12.1. The minimum atomic E-state index is -3.00. The van der Waals surface area contributed by atoms with Gasteiger partial charge in [-0.2, -0.15) is 0 Å². The number of methoxy groups -OCH3 is 1. The van der Waals surface area contributed by atoms with Crippen LogP contribution in [0.4, 0.5) is 11.4 Å². The van der Waals surface area contributed by atoms with Gasteiger partial charge in [-0.15, -0.1) is 0 Å². The zero-order valence-corrected chi connectivity index (χ0v) is 15.2. The normalized spacial score (nSPS) is 14.3. The summed E-state index contributed by atoms with van der Waals surface area (Å²) in [6.45, 7) is 0. The van der Waals surface area contributed by atoms with E-state index in [1.165, 1.54) is 0 Å². The molecule has 0 atom stereocenters. The zero-order valence-electron chi connectivity index (χ0n) is 14.3. The van der Waals surface area contributed by atoms with E-state index in [9.17, 15) is 8.42 Å². The Balaban J connectivity index is 1.56. The van der Waals surface area contributed by atoms with Crippen molar-refractivity contribution in [1.82, 2.24) is 9.97 Å². The van der Waals surface area contributed by atoms with Crippen molar-refractivity contribution in [2.24, 2.45) is 0 Å². The van der Waals surface area contributed by atoms with Gasteiger partial charge in [-0.05, 0) is 42.7 Å². The molecule has 0 spiro atoms. The van der Waals surface area contributed by atoms with Crippen LogP contribution < -0.4 is 10.1 Å². The monoisotopic (exact) mass is 369 g/mol. The molecule has 0 bridgehead atoms. The van der Waals surface area contributed by atoms with Gasteiger partial charge in [0.1, 0.15) is 5.52 Å². The van der Waals surface area contributed by atoms with Crippen LogP contribution in [0.1, 0.15) is 18.4 Å². The number of benzene rings is 1. The molecular formula is C19H19N3O3S. The summed E-state index contributed by atoms with van der Waals surface area (Å²) in [5, 5.41) is 3.18. The average molecular weight is 369 g/mol. The summed E-state index contributed by atoms with van der Waals surface area (Å²) < 4.78 is 29.4. The Bertz CT molecular complexity index is 1050. The van der Waals surface area contributed by atoms with Gasteiger partial charge in [-0.25, -0.2) is 13.4 Å². The molecule has 3 aromatic rings. The second-order valence-electron chi connectivity index (χ2n) is 6.41. The van der Waals surface area contributed by atoms with Gasteiger partial charge < -0.3 is 10.1 Å². The van der Waals surface area contributed by atoms with Gasteiger partial charge in [0.2, 0.25) is 5.88 Å². The number of sulfone groups is 1. The van der Waals surface area contributed by atoms with Crippen LogP contribution in [0, 0.1) is 0 Å². The van der Waals surface area contributed by atoms with Crippen LogP contribution in [0.5, 0.6) is 5.88 Å². The summed E-state index contributed by atoms with van der Waals surface area (Å²) in [7, 11) is -1.43. The molecule has 0 radical (unpaired) electrons. The number of hydrogen-bond acceptors (Lipinski definition) is 6. The SMILES string of the molecule is COc1ccc2nccc(Nc3ccc(CS(=O)(=O)C4CC4)cc3)c2n1. The van der Waals surface area contributed by atoms with Gasteiger partial charge in [0.15, 0.2) is 9.84 Å². The summed E-state index contributed by atoms with van der Waals surface area (Å²) in [5.74, 6) is 0.628. The number of ether oxygens (including phenoxy) is 1. The maximum atomic E-state index is 12.1. The fourth-order valence-electron chi connectivity index (χ4n) is 2.84. The standard InChI is InChI=1S/C19H19N3O3S/c1-25-18-9-8-16-19(22-18)17(10-11-20-16)21-14-4-2-13(3-5-14)12-26(23,24)15-6-7-15/h2-5,8-11,15H,6-7,12H2,1H3,(H,20,21). The molecule has 134 valence electrons. The zero-order chi connectivity index (χ0) is 18.1. The molecule has 1 fully saturated rings. The minimum Gasteiger partial charge on any atom is -0.481 e. The molecule has 1 aromatic carbocycles. The highest BCUT2D eigenvalue weighted by Crippen LogP contribution is 2.31. The quantitative estimate of drug-likeness (QED) is 0.717. The Kier molecular flexibility index (Phi) is 4.24. The molecule has 0 amide bonds. The van der Waals surface area contributed by atoms with Crippen molar-refractivity contribution in [3.05, 3.63) is 54.2 Å². The first kappa shape index (κ1) is 16.8. The van der Waals surface area contributed by atoms with E-state index >= 15 is 0 Å². The predicted molar refractivity (Wildman–Crippen MR) is 101 cm³/mol. The molecule has 4 rings (SSSR count). The van der Waals surface area contributed by atoms with Crippen LogP contribution in [0.15, 0.2) is 48.7 Å². The number of nitrogens with one attached hydrogen (secondary N) is 1. The van der Waals surface area contributed by atoms with Crippen LogP contribution in [0.3, 0.4) is 0 Å². The van der Waals surface area contributed by atoms with Gasteiger partial charge in [-0.3, -0.25) is 4.98 Å². The Morgan fingerprint density at radius 2 is 1.88 bits per heavy atom. The van der Waals surface area contributed by atoms with E-state index in [1.807, 2.05) is 36.4 Å². The number of aromatic nitrogens is 2. The van der Waals surface area contributed by atoms with Gasteiger partial charge in [-0.1, -0.05) is 12.1 Å². The highest BCUT2D eigenvalue weighted by Gasteiger charge is 2.35. The summed E-state index contributed by atoms with van der Waals surface area (Å²) in [6, 6.07) is 12.9. The van der Waals surface area contributed by atoms with Crippen molar-refractivity contribution < 1.29 is 13.2 Å². The van der Waals surface area contributed by atoms with E-state index in [0.29, 0.717) is 11.4 Å². The van der Waals surface area contributed by atoms with E-state index < -0.39 is 9.84 Å². The van der Waals surface area contributed by atoms with Crippen LogP contribution in [0.25, 0.3) is 11.0 Å². The summed E-state index contributed by atoms with van der Waals surface area (Å²) in [5.41, 5.74) is 3.96. The molecule has 7 heteroatoms. The molecule has 0 aliphatic heterocycles. The average Bonchev–Trinajstić information content (AvgIpc) is 3.49. The molecule has 2 aromatic heterocycles. The third-order valence-electron chi connectivity index (χ3n) is 4.40. The van der Waals surface area contributed by atoms with Crippen LogP contribution in [-0.2, 0) is 15.6 Å². The fraction of sp³-hybridized carbons (Fsp3) is 0.263. The van der Waals surface area contributed by atoms with Crippen molar-refractivity contribution in [1.29, 1.82) is 0 Å². The first-order chi connectivity index (χ1) is 12.5. The molecule has 6 nitrogen and oxygen atoms in total. The highest BCUT2D eigenvalue weighted by molar-refractivity contribution is 7.91. The number of nitrogens with zero attached hydrogens (tertiary/aromatic N) is 2. The maximum Gasteiger partial charge on any atom is 0.213 e. The molecule has 0 saturated heterocycles. The number of rotatable bonds is 6. The number of anilines is 2. The Hall–Kier alpha value is -2.67. The molecule has 1 N–H and O–H groups in total. The smallest absolute Gasteiger partial charge is 0.213 e. The van der Waals surface area contributed by atoms with Crippen molar-refractivity contribution in [3.63, 3.8) is 0 Å². The van der Waals surface area contributed by atoms with Crippen molar-refractivity contribution in [2.45, 2.75) is 23.8 Å². The van der Waals surface area contributed by atoms with E-state index in [2.05, 4.69) is 15.3 Å². The van der Waals surface area contributed by atoms with E-state index in [4.69, 9.17) is 4.74 Å². The predicted octanol–water partition coefficient (Wildman–Crippen LogP) is 3.46. The number of pyridine rings is 2. The van der Waals surface area contributed by atoms with Crippen LogP contribution in [-0.4, -0.2) is 30.7 Å². The second-order valence-corrected chi connectivity index (χ2v) is 8.69. The summed E-state index contributed by atoms with van der Waals surface area (Å²) >= 11 is 0. The number of hydrogen-bond donors (Lipinski definition) is 1. The highest BCUT2D eigenvalue weighted by atomic mass is 32.2. The van der Waals surface area contributed by atoms with Gasteiger partial charge in [0, 0.05) is 18.0 Å². The largest absolute Gasteiger partial charge is 0.481 e. The first-order valence-electron chi connectivity index (χ1n) is 8.42. The van der Waals surface area contributed by atoms with Gasteiger partial charge >= 0.3 is 0 Å². The Labute approximate surface area is 152 Å². The minimum absolute atomic E-state index is 0.106. The molecular weight excluding hydrogens is 350 g/mol. The molecule has 26 heavy (non-hydrogen) atoms. The molecule has 1 aliphatic rings.